The molecule has 0 aromatic carbocycles. The van der Waals surface area contributed by atoms with E-state index in [1.54, 1.807) is 6.92 Å². The zero-order chi connectivity index (χ0) is 17.4. The highest BCUT2D eigenvalue weighted by molar-refractivity contribution is 7.89. The van der Waals surface area contributed by atoms with Crippen LogP contribution in [0, 0.1) is 6.92 Å². The van der Waals surface area contributed by atoms with E-state index in [1.807, 2.05) is 0 Å². The van der Waals surface area contributed by atoms with Crippen LogP contribution in [-0.2, 0) is 10.0 Å². The maximum Gasteiger partial charge on any atom is 0.287 e. The van der Waals surface area contributed by atoms with E-state index in [9.17, 15) is 13.2 Å². The van der Waals surface area contributed by atoms with Gasteiger partial charge < -0.3 is 15.5 Å². The van der Waals surface area contributed by atoms with E-state index < -0.39 is 21.5 Å². The zero-order valence-electron chi connectivity index (χ0n) is 14.0. The van der Waals surface area contributed by atoms with Crippen molar-refractivity contribution >= 4 is 15.9 Å². The van der Waals surface area contributed by atoms with Crippen molar-refractivity contribution in [3.63, 3.8) is 0 Å². The van der Waals surface area contributed by atoms with Gasteiger partial charge in [0.25, 0.3) is 5.91 Å². The molecular formula is C16H25N3O4S. The van der Waals surface area contributed by atoms with Gasteiger partial charge in [0.05, 0.1) is 5.54 Å². The summed E-state index contributed by atoms with van der Waals surface area (Å²) in [4.78, 5) is 12.6. The predicted octanol–water partition coefficient (Wildman–Crippen LogP) is 1.37. The third-order valence-corrected chi connectivity index (χ3v) is 7.12. The van der Waals surface area contributed by atoms with Crippen molar-refractivity contribution in [1.29, 1.82) is 0 Å². The van der Waals surface area contributed by atoms with E-state index in [-0.39, 0.29) is 16.4 Å². The Morgan fingerprint density at radius 1 is 1.29 bits per heavy atom. The van der Waals surface area contributed by atoms with Gasteiger partial charge in [-0.05, 0) is 32.6 Å². The van der Waals surface area contributed by atoms with Gasteiger partial charge in [-0.1, -0.05) is 12.8 Å². The molecule has 1 saturated carbocycles. The molecule has 0 spiro atoms. The molecule has 2 aliphatic rings. The zero-order valence-corrected chi connectivity index (χ0v) is 14.8. The van der Waals surface area contributed by atoms with Gasteiger partial charge in [0.1, 0.15) is 10.7 Å². The van der Waals surface area contributed by atoms with Crippen LogP contribution in [0.25, 0.3) is 0 Å². The number of nitrogens with zero attached hydrogens (tertiary/aromatic N) is 1. The van der Waals surface area contributed by atoms with Gasteiger partial charge in [0.15, 0.2) is 5.76 Å². The van der Waals surface area contributed by atoms with Gasteiger partial charge in [-0.2, -0.15) is 4.31 Å². The van der Waals surface area contributed by atoms with Gasteiger partial charge >= 0.3 is 0 Å². The number of nitrogens with one attached hydrogen (secondary N) is 1. The number of nitrogens with two attached hydrogens (primary N) is 1. The number of rotatable bonds is 5. The van der Waals surface area contributed by atoms with Crippen molar-refractivity contribution in [2.75, 3.05) is 19.6 Å². The largest absolute Gasteiger partial charge is 0.455 e. The molecule has 3 rings (SSSR count). The van der Waals surface area contributed by atoms with Crippen molar-refractivity contribution in [1.82, 2.24) is 9.62 Å². The Hall–Kier alpha value is -1.38. The molecule has 1 aliphatic carbocycles. The second-order valence-electron chi connectivity index (χ2n) is 6.79. The van der Waals surface area contributed by atoms with Crippen LogP contribution in [0.3, 0.4) is 0 Å². The molecule has 7 nitrogen and oxygen atoms in total. The first-order chi connectivity index (χ1) is 11.4. The molecule has 0 atom stereocenters. The van der Waals surface area contributed by atoms with Crippen LogP contribution in [0.1, 0.15) is 54.8 Å². The van der Waals surface area contributed by atoms with Crippen LogP contribution in [0.15, 0.2) is 15.4 Å². The predicted molar refractivity (Wildman–Crippen MR) is 89.2 cm³/mol. The lowest BCUT2D eigenvalue weighted by molar-refractivity contribution is 0.0873. The molecule has 1 aromatic rings. The second kappa shape index (κ2) is 6.50. The van der Waals surface area contributed by atoms with E-state index >= 15 is 0 Å². The molecule has 1 saturated heterocycles. The molecule has 1 amide bonds. The molecule has 2 fully saturated rings. The lowest BCUT2D eigenvalue weighted by Crippen LogP contribution is -2.51. The van der Waals surface area contributed by atoms with Crippen LogP contribution in [0.5, 0.6) is 0 Å². The number of hydrogen-bond donors (Lipinski definition) is 2. The first-order valence-corrected chi connectivity index (χ1v) is 9.95. The number of aryl methyl sites for hydroxylation is 1. The molecule has 2 heterocycles. The maximum absolute atomic E-state index is 12.7. The topological polar surface area (TPSA) is 106 Å². The normalized spacial score (nSPS) is 21.2. The number of furan rings is 1. The fraction of sp³-hybridized carbons (Fsp3) is 0.688. The van der Waals surface area contributed by atoms with E-state index in [1.165, 1.54) is 10.4 Å². The summed E-state index contributed by atoms with van der Waals surface area (Å²) in [6, 6.07) is 1.34. The first-order valence-electron chi connectivity index (χ1n) is 8.51. The van der Waals surface area contributed by atoms with Gasteiger partial charge in [-0.15, -0.1) is 0 Å². The average Bonchev–Trinajstić information content (AvgIpc) is 3.28. The molecule has 0 radical (unpaired) electrons. The highest BCUT2D eigenvalue weighted by atomic mass is 32.2. The van der Waals surface area contributed by atoms with Crippen LogP contribution < -0.4 is 11.1 Å². The van der Waals surface area contributed by atoms with Crippen LogP contribution >= 0.6 is 0 Å². The highest BCUT2D eigenvalue weighted by Gasteiger charge is 2.36. The third-order valence-electron chi connectivity index (χ3n) is 5.11. The van der Waals surface area contributed by atoms with Crippen molar-refractivity contribution in [3.8, 4) is 0 Å². The minimum atomic E-state index is -3.60. The number of hydrogen-bond acceptors (Lipinski definition) is 5. The average molecular weight is 355 g/mol. The molecule has 3 N–H and O–H groups in total. The van der Waals surface area contributed by atoms with E-state index in [0.29, 0.717) is 19.6 Å². The van der Waals surface area contributed by atoms with Crippen molar-refractivity contribution in [2.45, 2.75) is 55.9 Å². The second-order valence-corrected chi connectivity index (χ2v) is 8.69. The quantitative estimate of drug-likeness (QED) is 0.830. The van der Waals surface area contributed by atoms with Gasteiger partial charge in [-0.3, -0.25) is 4.79 Å². The van der Waals surface area contributed by atoms with E-state index in [0.717, 1.165) is 38.5 Å². The first kappa shape index (κ1) is 17.4. The molecule has 8 heteroatoms. The number of sulfonamides is 1. The van der Waals surface area contributed by atoms with Gasteiger partial charge in [0.2, 0.25) is 10.0 Å². The van der Waals surface area contributed by atoms with Crippen LogP contribution in [-0.4, -0.2) is 43.8 Å². The van der Waals surface area contributed by atoms with E-state index in [4.69, 9.17) is 10.2 Å². The summed E-state index contributed by atoms with van der Waals surface area (Å²) >= 11 is 0. The summed E-state index contributed by atoms with van der Waals surface area (Å²) in [5, 5.41) is 2.95. The molecule has 0 unspecified atom stereocenters. The highest BCUT2D eigenvalue weighted by Crippen LogP contribution is 2.30. The Bertz CT molecular complexity index is 714. The fourth-order valence-electron chi connectivity index (χ4n) is 3.64. The van der Waals surface area contributed by atoms with Crippen molar-refractivity contribution in [3.05, 3.63) is 17.6 Å². The van der Waals surface area contributed by atoms with E-state index in [2.05, 4.69) is 5.32 Å². The van der Waals surface area contributed by atoms with Gasteiger partial charge in [-0.25, -0.2) is 8.42 Å². The summed E-state index contributed by atoms with van der Waals surface area (Å²) in [5.74, 6) is -0.112. The SMILES string of the molecule is Cc1oc(C(=O)NC2(CN)CCCC2)cc1S(=O)(=O)N1CCCC1. The number of carbonyl (C=O) groups is 1. The third kappa shape index (κ3) is 3.10. The standard InChI is InChI=1S/C16H25N3O4S/c1-12-14(24(21,22)19-8-4-5-9-19)10-13(23-12)15(20)18-16(11-17)6-2-3-7-16/h10H,2-9,11,17H2,1H3,(H,18,20). The molecular weight excluding hydrogens is 330 g/mol. The number of carbonyl (C=O) groups excluding carboxylic acids is 1. The molecule has 1 aliphatic heterocycles. The summed E-state index contributed by atoms with van der Waals surface area (Å²) in [7, 11) is -3.60. The maximum atomic E-state index is 12.7. The summed E-state index contributed by atoms with van der Waals surface area (Å²) in [6.07, 6.45) is 5.47. The molecule has 0 bridgehead atoms. The monoisotopic (exact) mass is 355 g/mol. The lowest BCUT2D eigenvalue weighted by atomic mass is 9.98. The van der Waals surface area contributed by atoms with Crippen LogP contribution in [0.2, 0.25) is 0 Å². The Labute approximate surface area is 142 Å². The van der Waals surface area contributed by atoms with Crippen LogP contribution in [0.4, 0.5) is 0 Å². The number of amides is 1. The summed E-state index contributed by atoms with van der Waals surface area (Å²) in [6.45, 7) is 2.99. The molecule has 134 valence electrons. The lowest BCUT2D eigenvalue weighted by Gasteiger charge is -2.28. The van der Waals surface area contributed by atoms with Crippen molar-refractivity contribution in [2.24, 2.45) is 5.73 Å². The molecule has 1 aromatic heterocycles. The smallest absolute Gasteiger partial charge is 0.287 e. The molecule has 24 heavy (non-hydrogen) atoms. The Kier molecular flexibility index (Phi) is 4.72. The minimum Gasteiger partial charge on any atom is -0.455 e. The van der Waals surface area contributed by atoms with Crippen molar-refractivity contribution < 1.29 is 17.6 Å². The Morgan fingerprint density at radius 2 is 1.92 bits per heavy atom. The van der Waals surface area contributed by atoms with Gasteiger partial charge in [0, 0.05) is 25.7 Å². The Morgan fingerprint density at radius 3 is 2.50 bits per heavy atom. The minimum absolute atomic E-state index is 0.0324. The summed E-state index contributed by atoms with van der Waals surface area (Å²) < 4.78 is 32.3. The summed E-state index contributed by atoms with van der Waals surface area (Å²) in [5.41, 5.74) is 5.44. The fourth-order valence-corrected chi connectivity index (χ4v) is 5.31. The Balaban J connectivity index is 1.82.